The van der Waals surface area contributed by atoms with Crippen molar-refractivity contribution in [2.75, 3.05) is 0 Å². The van der Waals surface area contributed by atoms with Gasteiger partial charge in [-0.15, -0.1) is 0 Å². The van der Waals surface area contributed by atoms with Crippen molar-refractivity contribution in [2.24, 2.45) is 0 Å². The third-order valence-electron chi connectivity index (χ3n) is 6.21. The molecule has 0 fully saturated rings. The van der Waals surface area contributed by atoms with Crippen LogP contribution in [0.5, 0.6) is 0 Å². The van der Waals surface area contributed by atoms with Gasteiger partial charge >= 0.3 is 0 Å². The molecular formula is C30H25N9. The van der Waals surface area contributed by atoms with Gasteiger partial charge in [-0.25, -0.2) is 44.9 Å². The zero-order valence-corrected chi connectivity index (χ0v) is 22.3. The van der Waals surface area contributed by atoms with Gasteiger partial charge in [-0.2, -0.15) is 0 Å². The quantitative estimate of drug-likeness (QED) is 0.298. The molecular weight excluding hydrogens is 486 g/mol. The third kappa shape index (κ3) is 4.94. The molecule has 0 radical (unpaired) electrons. The minimum absolute atomic E-state index is 0.572. The molecule has 0 saturated carbocycles. The number of hydrogen-bond donors (Lipinski definition) is 0. The molecule has 0 aliphatic rings. The lowest BCUT2D eigenvalue weighted by atomic mass is 9.99. The zero-order valence-electron chi connectivity index (χ0n) is 22.3. The molecule has 9 heteroatoms. The van der Waals surface area contributed by atoms with Gasteiger partial charge in [-0.3, -0.25) is 0 Å². The van der Waals surface area contributed by atoms with Crippen molar-refractivity contribution in [3.05, 3.63) is 89.8 Å². The maximum absolute atomic E-state index is 4.94. The number of aryl methyl sites for hydroxylation is 5. The molecule has 0 unspecified atom stereocenters. The second-order valence-corrected chi connectivity index (χ2v) is 9.36. The molecule has 0 saturated heterocycles. The van der Waals surface area contributed by atoms with E-state index in [2.05, 4.69) is 53.1 Å². The molecule has 0 aliphatic heterocycles. The van der Waals surface area contributed by atoms with Crippen LogP contribution in [-0.2, 0) is 0 Å². The fourth-order valence-corrected chi connectivity index (χ4v) is 4.64. The highest BCUT2D eigenvalue weighted by molar-refractivity contribution is 5.98. The molecule has 3 heterocycles. The van der Waals surface area contributed by atoms with E-state index in [1.165, 1.54) is 0 Å². The van der Waals surface area contributed by atoms with Gasteiger partial charge in [-0.05, 0) is 63.6 Å². The largest absolute Gasteiger partial charge is 0.219 e. The van der Waals surface area contributed by atoms with Crippen molar-refractivity contribution in [3.63, 3.8) is 0 Å². The molecule has 0 N–H and O–H groups in total. The summed E-state index contributed by atoms with van der Waals surface area (Å²) in [7, 11) is 0. The number of aromatic nitrogens is 9. The minimum Gasteiger partial charge on any atom is -0.219 e. The number of rotatable bonds is 4. The Labute approximate surface area is 225 Å². The number of fused-ring (bicyclic) bond motifs is 1. The van der Waals surface area contributed by atoms with Gasteiger partial charge in [0.15, 0.2) is 23.3 Å². The summed E-state index contributed by atoms with van der Waals surface area (Å²) in [5.74, 6) is 5.71. The Kier molecular flexibility index (Phi) is 6.03. The van der Waals surface area contributed by atoms with Gasteiger partial charge < -0.3 is 0 Å². The molecule has 190 valence electrons. The number of benzene rings is 3. The van der Waals surface area contributed by atoms with Crippen molar-refractivity contribution >= 4 is 10.8 Å². The molecule has 9 nitrogen and oxygen atoms in total. The Morgan fingerprint density at radius 3 is 1.49 bits per heavy atom. The van der Waals surface area contributed by atoms with Crippen LogP contribution in [0.15, 0.2) is 60.7 Å². The molecule has 3 aromatic carbocycles. The SMILES string of the molecule is Cc1nc(C)nc(-c2cccc(-c3nc(C)nc(-c4cc(-c5nc(C)nc(C)n5)cc5ccccc45)n3)c2)n1. The van der Waals surface area contributed by atoms with Crippen molar-refractivity contribution in [2.45, 2.75) is 34.6 Å². The molecule has 0 atom stereocenters. The van der Waals surface area contributed by atoms with Crippen LogP contribution < -0.4 is 0 Å². The Balaban J connectivity index is 1.51. The molecule has 39 heavy (non-hydrogen) atoms. The van der Waals surface area contributed by atoms with Crippen molar-refractivity contribution in [3.8, 4) is 45.6 Å². The van der Waals surface area contributed by atoms with Gasteiger partial charge in [0.1, 0.15) is 29.1 Å². The predicted octanol–water partition coefficient (Wildman–Crippen LogP) is 5.60. The Bertz CT molecular complexity index is 1840. The summed E-state index contributed by atoms with van der Waals surface area (Å²) in [6, 6.07) is 20.2. The van der Waals surface area contributed by atoms with Crippen LogP contribution in [0.1, 0.15) is 29.1 Å². The molecule has 0 bridgehead atoms. The van der Waals surface area contributed by atoms with Crippen molar-refractivity contribution in [1.82, 2.24) is 44.9 Å². The first-order valence-electron chi connectivity index (χ1n) is 12.6. The maximum atomic E-state index is 4.94. The summed E-state index contributed by atoms with van der Waals surface area (Å²) in [4.78, 5) is 41.2. The Morgan fingerprint density at radius 2 is 0.872 bits per heavy atom. The summed E-state index contributed by atoms with van der Waals surface area (Å²) in [5.41, 5.74) is 3.47. The van der Waals surface area contributed by atoms with Crippen LogP contribution in [0, 0.1) is 34.6 Å². The zero-order chi connectivity index (χ0) is 27.1. The van der Waals surface area contributed by atoms with E-state index >= 15 is 0 Å². The lowest BCUT2D eigenvalue weighted by Gasteiger charge is -2.12. The third-order valence-corrected chi connectivity index (χ3v) is 6.21. The molecule has 6 aromatic rings. The smallest absolute Gasteiger partial charge is 0.164 e. The first kappa shape index (κ1) is 24.3. The standard InChI is InChI=1S/C30H25N9/c1-16-31-17(2)34-27(33-16)22-10-8-11-23(14-22)28-37-20(5)38-30(39-28)26-15-24(13-21-9-6-7-12-25(21)26)29-35-18(3)32-19(4)36-29/h6-15H,1-5H3. The molecule has 6 rings (SSSR count). The van der Waals surface area contributed by atoms with Crippen LogP contribution in [0.2, 0.25) is 0 Å². The normalized spacial score (nSPS) is 11.2. The number of hydrogen-bond acceptors (Lipinski definition) is 9. The van der Waals surface area contributed by atoms with Gasteiger partial charge in [0.2, 0.25) is 0 Å². The number of nitrogens with zero attached hydrogens (tertiary/aromatic N) is 9. The van der Waals surface area contributed by atoms with Gasteiger partial charge in [-0.1, -0.05) is 42.5 Å². The summed E-state index contributed by atoms with van der Waals surface area (Å²) >= 11 is 0. The predicted molar refractivity (Wildman–Crippen MR) is 150 cm³/mol. The van der Waals surface area contributed by atoms with Crippen LogP contribution >= 0.6 is 0 Å². The highest BCUT2D eigenvalue weighted by Crippen LogP contribution is 2.33. The van der Waals surface area contributed by atoms with Crippen molar-refractivity contribution in [1.29, 1.82) is 0 Å². The summed E-state index contributed by atoms with van der Waals surface area (Å²) in [6.07, 6.45) is 0. The van der Waals surface area contributed by atoms with E-state index in [-0.39, 0.29) is 0 Å². The van der Waals surface area contributed by atoms with E-state index in [4.69, 9.17) is 9.97 Å². The average molecular weight is 512 g/mol. The first-order chi connectivity index (χ1) is 18.8. The topological polar surface area (TPSA) is 116 Å². The van der Waals surface area contributed by atoms with Gasteiger partial charge in [0.25, 0.3) is 0 Å². The second kappa shape index (κ2) is 9.68. The molecule has 0 amide bonds. The van der Waals surface area contributed by atoms with Crippen molar-refractivity contribution < 1.29 is 0 Å². The van der Waals surface area contributed by atoms with E-state index in [1.807, 2.05) is 77.1 Å². The van der Waals surface area contributed by atoms with Crippen LogP contribution in [0.3, 0.4) is 0 Å². The molecule has 0 aliphatic carbocycles. The van der Waals surface area contributed by atoms with E-state index in [1.54, 1.807) is 0 Å². The minimum atomic E-state index is 0.572. The second-order valence-electron chi connectivity index (χ2n) is 9.36. The monoisotopic (exact) mass is 511 g/mol. The fraction of sp³-hybridized carbons (Fsp3) is 0.167. The van der Waals surface area contributed by atoms with E-state index in [9.17, 15) is 0 Å². The fourth-order valence-electron chi connectivity index (χ4n) is 4.64. The van der Waals surface area contributed by atoms with Gasteiger partial charge in [0.05, 0.1) is 0 Å². The lowest BCUT2D eigenvalue weighted by Crippen LogP contribution is -2.02. The maximum Gasteiger partial charge on any atom is 0.164 e. The Morgan fingerprint density at radius 1 is 0.385 bits per heavy atom. The van der Waals surface area contributed by atoms with Crippen LogP contribution in [-0.4, -0.2) is 44.9 Å². The highest BCUT2D eigenvalue weighted by Gasteiger charge is 2.16. The average Bonchev–Trinajstić information content (AvgIpc) is 2.91. The van der Waals surface area contributed by atoms with Gasteiger partial charge in [0, 0.05) is 22.3 Å². The van der Waals surface area contributed by atoms with E-state index in [0.717, 1.165) is 33.0 Å². The summed E-state index contributed by atoms with van der Waals surface area (Å²) < 4.78 is 0. The van der Waals surface area contributed by atoms with E-state index in [0.29, 0.717) is 52.4 Å². The lowest BCUT2D eigenvalue weighted by molar-refractivity contribution is 0.928. The molecule has 0 spiro atoms. The summed E-state index contributed by atoms with van der Waals surface area (Å²) in [6.45, 7) is 9.34. The first-order valence-corrected chi connectivity index (χ1v) is 12.6. The summed E-state index contributed by atoms with van der Waals surface area (Å²) in [5, 5.41) is 2.08. The van der Waals surface area contributed by atoms with E-state index < -0.39 is 0 Å². The van der Waals surface area contributed by atoms with Crippen LogP contribution in [0.25, 0.3) is 56.3 Å². The highest BCUT2D eigenvalue weighted by atomic mass is 15.0. The molecule has 3 aromatic heterocycles. The Hall–Kier alpha value is -5.05. The van der Waals surface area contributed by atoms with Crippen LogP contribution in [0.4, 0.5) is 0 Å².